The van der Waals surface area contributed by atoms with E-state index in [1.165, 1.54) is 81.5 Å². The third kappa shape index (κ3) is 15.1. The number of rotatable bonds is 17. The average Bonchev–Trinajstić information content (AvgIpc) is 3.23. The molecule has 32 heavy (non-hydrogen) atoms. The van der Waals surface area contributed by atoms with Gasteiger partial charge in [-0.3, -0.25) is 10.2 Å². The van der Waals surface area contributed by atoms with Gasteiger partial charge in [0.15, 0.2) is 5.11 Å². The molecule has 1 rings (SSSR count). The Morgan fingerprint density at radius 3 is 1.81 bits per heavy atom. The maximum absolute atomic E-state index is 12.3. The molecule has 0 fully saturated rings. The van der Waals surface area contributed by atoms with Crippen molar-refractivity contribution in [3.63, 3.8) is 0 Å². The van der Waals surface area contributed by atoms with Crippen molar-refractivity contribution in [1.82, 2.24) is 25.5 Å². The van der Waals surface area contributed by atoms with Crippen LogP contribution >= 0.6 is 47.0 Å². The smallest absolute Gasteiger partial charge is 0.228 e. The van der Waals surface area contributed by atoms with E-state index in [1.54, 1.807) is 0 Å². The van der Waals surface area contributed by atoms with Gasteiger partial charge in [-0.1, -0.05) is 119 Å². The van der Waals surface area contributed by atoms with Gasteiger partial charge < -0.3 is 10.6 Å². The first-order chi connectivity index (χ1) is 15.3. The Hall–Kier alpha value is -0.830. The average molecular weight is 528 g/mol. The zero-order valence-corrected chi connectivity index (χ0v) is 22.0. The molecule has 0 aliphatic carbocycles. The fourth-order valence-electron chi connectivity index (χ4n) is 3.28. The lowest BCUT2D eigenvalue weighted by Crippen LogP contribution is -2.56. The minimum absolute atomic E-state index is 0.155. The van der Waals surface area contributed by atoms with E-state index in [0.29, 0.717) is 6.42 Å². The highest BCUT2D eigenvalue weighted by molar-refractivity contribution is 7.80. The molecule has 1 heterocycles. The van der Waals surface area contributed by atoms with Gasteiger partial charge in [-0.05, 0) is 18.6 Å². The van der Waals surface area contributed by atoms with Gasteiger partial charge >= 0.3 is 0 Å². The highest BCUT2D eigenvalue weighted by Gasteiger charge is 2.34. The number of nitrogens with zero attached hydrogens (tertiary/aromatic N) is 3. The maximum atomic E-state index is 12.3. The molecule has 0 spiro atoms. The molecule has 0 saturated carbocycles. The first-order valence-electron chi connectivity index (χ1n) is 11.6. The van der Waals surface area contributed by atoms with Crippen LogP contribution in [-0.4, -0.2) is 35.9 Å². The molecular weight excluding hydrogens is 491 g/mol. The Morgan fingerprint density at radius 1 is 0.875 bits per heavy atom. The van der Waals surface area contributed by atoms with Crippen LogP contribution in [0.3, 0.4) is 0 Å². The van der Waals surface area contributed by atoms with E-state index in [9.17, 15) is 4.79 Å². The second-order valence-corrected chi connectivity index (χ2v) is 10.8. The number of carbonyl (C=O) groups excluding carboxylic acids is 1. The molecule has 11 heteroatoms. The van der Waals surface area contributed by atoms with Gasteiger partial charge in [-0.25, -0.2) is 4.68 Å². The van der Waals surface area contributed by atoms with Crippen LogP contribution in [0.4, 0.5) is 0 Å². The Bertz CT molecular complexity index is 628. The number of amides is 1. The van der Waals surface area contributed by atoms with Crippen LogP contribution in [0, 0.1) is 0 Å². The highest BCUT2D eigenvalue weighted by atomic mass is 35.6. The predicted molar refractivity (Wildman–Crippen MR) is 138 cm³/mol. The van der Waals surface area contributed by atoms with E-state index in [-0.39, 0.29) is 11.0 Å². The number of halogens is 3. The van der Waals surface area contributed by atoms with Crippen LogP contribution in [0.1, 0.15) is 96.8 Å². The quantitative estimate of drug-likeness (QED) is 0.0998. The predicted octanol–water partition coefficient (Wildman–Crippen LogP) is 5.99. The molecule has 7 nitrogen and oxygen atoms in total. The molecule has 1 atom stereocenters. The molecule has 1 aromatic heterocycles. The summed E-state index contributed by atoms with van der Waals surface area (Å²) in [5, 5.41) is 12.9. The number of hydrogen-bond donors (Lipinski definition) is 3. The zero-order valence-electron chi connectivity index (χ0n) is 18.9. The van der Waals surface area contributed by atoms with Crippen LogP contribution in [0.25, 0.3) is 0 Å². The number of unbranched alkanes of at least 4 members (excludes halogenated alkanes) is 12. The van der Waals surface area contributed by atoms with Gasteiger partial charge in [0.05, 0.1) is 0 Å². The monoisotopic (exact) mass is 526 g/mol. The van der Waals surface area contributed by atoms with Crippen molar-refractivity contribution < 1.29 is 4.79 Å². The third-order valence-corrected chi connectivity index (χ3v) is 5.93. The Morgan fingerprint density at radius 2 is 1.34 bits per heavy atom. The van der Waals surface area contributed by atoms with Crippen molar-refractivity contribution in [3.8, 4) is 0 Å². The van der Waals surface area contributed by atoms with Crippen molar-refractivity contribution in [2.75, 3.05) is 5.43 Å². The van der Waals surface area contributed by atoms with E-state index in [2.05, 4.69) is 33.2 Å². The summed E-state index contributed by atoms with van der Waals surface area (Å²) in [6.07, 6.45) is 18.5. The first-order valence-corrected chi connectivity index (χ1v) is 13.2. The molecule has 0 bridgehead atoms. The molecule has 0 aromatic carbocycles. The SMILES string of the molecule is CCCCCCCCCCCCCCCC(=O)N[C@H](NC(=S)Nn1cnnc1)C(Cl)(Cl)Cl. The van der Waals surface area contributed by atoms with E-state index < -0.39 is 9.96 Å². The largest absolute Gasteiger partial charge is 0.338 e. The van der Waals surface area contributed by atoms with Crippen molar-refractivity contribution in [1.29, 1.82) is 0 Å². The molecule has 0 aliphatic heterocycles. The highest BCUT2D eigenvalue weighted by Crippen LogP contribution is 2.29. The number of hydrogen-bond acceptors (Lipinski definition) is 4. The molecule has 0 unspecified atom stereocenters. The summed E-state index contributed by atoms with van der Waals surface area (Å²) in [5.41, 5.74) is 2.78. The summed E-state index contributed by atoms with van der Waals surface area (Å²) in [5.74, 6) is -0.191. The fourth-order valence-corrected chi connectivity index (χ4v) is 3.83. The Kier molecular flexibility index (Phi) is 16.1. The summed E-state index contributed by atoms with van der Waals surface area (Å²) in [4.78, 5) is 12.3. The van der Waals surface area contributed by atoms with Gasteiger partial charge in [0.25, 0.3) is 0 Å². The topological polar surface area (TPSA) is 83.9 Å². The number of thiocarbonyl (C=S) groups is 1. The van der Waals surface area contributed by atoms with Crippen LogP contribution < -0.4 is 16.1 Å². The maximum Gasteiger partial charge on any atom is 0.228 e. The van der Waals surface area contributed by atoms with E-state index in [1.807, 2.05) is 0 Å². The number of carbonyl (C=O) groups is 1. The normalized spacial score (nSPS) is 12.4. The minimum Gasteiger partial charge on any atom is -0.338 e. The van der Waals surface area contributed by atoms with E-state index in [0.717, 1.165) is 19.3 Å². The second-order valence-electron chi connectivity index (χ2n) is 7.99. The minimum atomic E-state index is -1.77. The van der Waals surface area contributed by atoms with Crippen molar-refractivity contribution in [3.05, 3.63) is 12.7 Å². The van der Waals surface area contributed by atoms with Crippen LogP contribution in [0.5, 0.6) is 0 Å². The molecular formula is C21H37Cl3N6OS. The molecule has 0 aliphatic rings. The Labute approximate surface area is 212 Å². The summed E-state index contributed by atoms with van der Waals surface area (Å²) < 4.78 is -0.342. The molecule has 0 saturated heterocycles. The van der Waals surface area contributed by atoms with Gasteiger partial charge in [0, 0.05) is 6.42 Å². The fraction of sp³-hybridized carbons (Fsp3) is 0.810. The number of aromatic nitrogens is 3. The number of nitrogens with one attached hydrogen (secondary N) is 3. The van der Waals surface area contributed by atoms with Crippen LogP contribution in [-0.2, 0) is 4.79 Å². The van der Waals surface area contributed by atoms with Crippen LogP contribution in [0.2, 0.25) is 0 Å². The van der Waals surface area contributed by atoms with Crippen LogP contribution in [0.15, 0.2) is 12.7 Å². The molecule has 1 amide bonds. The second kappa shape index (κ2) is 17.6. The summed E-state index contributed by atoms with van der Waals surface area (Å²) in [6, 6.07) is 0. The standard InChI is InChI=1S/C21H37Cl3N6OS/c1-2-3-4-5-6-7-8-9-10-11-12-13-14-15-18(31)27-19(21(22,23)24)28-20(32)29-30-16-25-26-17-30/h16-17,19H,2-15H2,1H3,(H,27,31)(H2,28,29,32)/t19-/m1/s1. The Balaban J connectivity index is 2.10. The third-order valence-electron chi connectivity index (χ3n) is 5.06. The molecule has 0 radical (unpaired) electrons. The molecule has 184 valence electrons. The van der Waals surface area contributed by atoms with Crippen molar-refractivity contribution in [2.45, 2.75) is 107 Å². The lowest BCUT2D eigenvalue weighted by atomic mass is 10.0. The molecule has 1 aromatic rings. The zero-order chi connectivity index (χ0) is 23.7. The summed E-state index contributed by atoms with van der Waals surface area (Å²) >= 11 is 23.1. The van der Waals surface area contributed by atoms with Gasteiger partial charge in [0.1, 0.15) is 18.8 Å². The molecule has 3 N–H and O–H groups in total. The van der Waals surface area contributed by atoms with Crippen molar-refractivity contribution in [2.24, 2.45) is 0 Å². The van der Waals surface area contributed by atoms with E-state index in [4.69, 9.17) is 47.0 Å². The first kappa shape index (κ1) is 29.2. The van der Waals surface area contributed by atoms with Gasteiger partial charge in [-0.2, -0.15) is 0 Å². The van der Waals surface area contributed by atoms with Gasteiger partial charge in [0.2, 0.25) is 9.70 Å². The van der Waals surface area contributed by atoms with Gasteiger partial charge in [-0.15, -0.1) is 10.2 Å². The lowest BCUT2D eigenvalue weighted by molar-refractivity contribution is -0.122. The van der Waals surface area contributed by atoms with E-state index >= 15 is 0 Å². The summed E-state index contributed by atoms with van der Waals surface area (Å²) in [7, 11) is 0. The lowest BCUT2D eigenvalue weighted by Gasteiger charge is -2.27. The number of alkyl halides is 3. The summed E-state index contributed by atoms with van der Waals surface area (Å²) in [6.45, 7) is 2.25. The van der Waals surface area contributed by atoms with Crippen molar-refractivity contribution >= 4 is 58.0 Å².